The van der Waals surface area contributed by atoms with Crippen LogP contribution < -0.4 is 5.32 Å². The van der Waals surface area contributed by atoms with Crippen molar-refractivity contribution in [2.24, 2.45) is 5.92 Å². The van der Waals surface area contributed by atoms with Crippen LogP contribution in [-0.4, -0.2) is 33.9 Å². The van der Waals surface area contributed by atoms with Gasteiger partial charge in [-0.15, -0.1) is 0 Å². The van der Waals surface area contributed by atoms with E-state index in [0.29, 0.717) is 0 Å². The molecule has 0 unspecified atom stereocenters. The number of para-hydroxylation sites is 1. The number of carbonyl (C=O) groups is 1. The molecular weight excluding hydrogens is 384 g/mol. The molecule has 2 N–H and O–H groups in total. The summed E-state index contributed by atoms with van der Waals surface area (Å²) in [6.45, 7) is 2.77. The topological polar surface area (TPSA) is 61.0 Å². The Balaban J connectivity index is 1.16. The highest BCUT2D eigenvalue weighted by atomic mass is 16.1. The Kier molecular flexibility index (Phi) is 5.50. The molecule has 2 aromatic heterocycles. The zero-order valence-corrected chi connectivity index (χ0v) is 17.4. The molecule has 31 heavy (non-hydrogen) atoms. The predicted molar refractivity (Wildman–Crippen MR) is 125 cm³/mol. The van der Waals surface area contributed by atoms with Crippen LogP contribution >= 0.6 is 0 Å². The molecule has 0 radical (unpaired) electrons. The molecule has 5 nitrogen and oxygen atoms in total. The number of piperidine rings is 1. The summed E-state index contributed by atoms with van der Waals surface area (Å²) in [5, 5.41) is 4.30. The van der Waals surface area contributed by atoms with E-state index in [0.717, 1.165) is 54.9 Å². The first kappa shape index (κ1) is 19.5. The fourth-order valence-electron chi connectivity index (χ4n) is 4.31. The number of benzene rings is 2. The molecule has 0 bridgehead atoms. The van der Waals surface area contributed by atoms with Crippen LogP contribution in [0.25, 0.3) is 22.2 Å². The first-order valence-corrected chi connectivity index (χ1v) is 10.8. The Bertz CT molecular complexity index is 1130. The van der Waals surface area contributed by atoms with Crippen LogP contribution in [0.2, 0.25) is 0 Å². The fourth-order valence-corrected chi connectivity index (χ4v) is 4.31. The number of nitrogens with one attached hydrogen (secondary N) is 2. The Morgan fingerprint density at radius 1 is 1.03 bits per heavy atom. The van der Waals surface area contributed by atoms with E-state index in [1.807, 2.05) is 36.5 Å². The lowest BCUT2D eigenvalue weighted by Gasteiger charge is -2.31. The molecule has 5 heteroatoms. The second kappa shape index (κ2) is 8.74. The van der Waals surface area contributed by atoms with Gasteiger partial charge in [0.05, 0.1) is 0 Å². The van der Waals surface area contributed by atoms with Gasteiger partial charge in [0.2, 0.25) is 5.91 Å². The number of nitrogens with zero attached hydrogens (tertiary/aromatic N) is 2. The van der Waals surface area contributed by atoms with E-state index < -0.39 is 0 Å². The molecule has 4 aromatic rings. The number of aromatic amines is 1. The summed E-state index contributed by atoms with van der Waals surface area (Å²) in [5.74, 6) is 0.193. The molecule has 156 valence electrons. The third-order valence-corrected chi connectivity index (χ3v) is 6.08. The van der Waals surface area contributed by atoms with E-state index in [1.54, 1.807) is 6.20 Å². The van der Waals surface area contributed by atoms with Crippen molar-refractivity contribution in [1.29, 1.82) is 0 Å². The van der Waals surface area contributed by atoms with E-state index in [2.05, 4.69) is 56.6 Å². The lowest BCUT2D eigenvalue weighted by molar-refractivity contribution is -0.121. The standard InChI is InChI=1S/C26H26N4O/c31-26(21-11-14-30(15-12-21)18-19-4-3-13-27-17-19)28-23-9-7-20(8-10-23)25-16-22-5-1-2-6-24(22)29-25/h1-10,13,16-17,21,29H,11-12,14-15,18H2,(H,28,31). The molecule has 1 aliphatic heterocycles. The molecule has 1 saturated heterocycles. The third kappa shape index (κ3) is 4.52. The Morgan fingerprint density at radius 3 is 2.58 bits per heavy atom. The second-order valence-corrected chi connectivity index (χ2v) is 8.25. The lowest BCUT2D eigenvalue weighted by atomic mass is 9.95. The number of H-pyrrole nitrogens is 1. The number of hydrogen-bond donors (Lipinski definition) is 2. The van der Waals surface area contributed by atoms with E-state index in [1.165, 1.54) is 10.9 Å². The number of pyridine rings is 1. The number of fused-ring (bicyclic) bond motifs is 1. The van der Waals surface area contributed by atoms with Gasteiger partial charge in [-0.25, -0.2) is 0 Å². The zero-order valence-electron chi connectivity index (χ0n) is 17.4. The molecule has 2 aromatic carbocycles. The molecule has 0 saturated carbocycles. The predicted octanol–water partition coefficient (Wildman–Crippen LogP) is 5.08. The van der Waals surface area contributed by atoms with Crippen molar-refractivity contribution in [3.8, 4) is 11.3 Å². The maximum atomic E-state index is 12.8. The lowest BCUT2D eigenvalue weighted by Crippen LogP contribution is -2.37. The quantitative estimate of drug-likeness (QED) is 0.482. The van der Waals surface area contributed by atoms with Gasteiger partial charge < -0.3 is 10.3 Å². The summed E-state index contributed by atoms with van der Waals surface area (Å²) < 4.78 is 0. The number of hydrogen-bond acceptors (Lipinski definition) is 3. The highest BCUT2D eigenvalue weighted by Gasteiger charge is 2.25. The normalized spacial score (nSPS) is 15.2. The van der Waals surface area contributed by atoms with Crippen molar-refractivity contribution < 1.29 is 4.79 Å². The molecule has 0 atom stereocenters. The Morgan fingerprint density at radius 2 is 1.84 bits per heavy atom. The highest BCUT2D eigenvalue weighted by molar-refractivity contribution is 5.93. The largest absolute Gasteiger partial charge is 0.355 e. The number of likely N-dealkylation sites (tertiary alicyclic amines) is 1. The van der Waals surface area contributed by atoms with E-state index >= 15 is 0 Å². The first-order chi connectivity index (χ1) is 15.2. The minimum absolute atomic E-state index is 0.0681. The monoisotopic (exact) mass is 410 g/mol. The SMILES string of the molecule is O=C(Nc1ccc(-c2cc3ccccc3[nH]2)cc1)C1CCN(Cc2cccnc2)CC1. The summed E-state index contributed by atoms with van der Waals surface area (Å²) in [6.07, 6.45) is 5.49. The van der Waals surface area contributed by atoms with Gasteiger partial charge in [0.15, 0.2) is 0 Å². The van der Waals surface area contributed by atoms with E-state index in [-0.39, 0.29) is 11.8 Å². The molecule has 3 heterocycles. The van der Waals surface area contributed by atoms with Gasteiger partial charge in [-0.2, -0.15) is 0 Å². The van der Waals surface area contributed by atoms with Crippen LogP contribution in [-0.2, 0) is 11.3 Å². The van der Waals surface area contributed by atoms with Gasteiger partial charge in [0.25, 0.3) is 0 Å². The minimum Gasteiger partial charge on any atom is -0.355 e. The maximum absolute atomic E-state index is 12.8. The molecule has 1 amide bonds. The summed E-state index contributed by atoms with van der Waals surface area (Å²) in [6, 6.07) is 22.6. The maximum Gasteiger partial charge on any atom is 0.227 e. The fraction of sp³-hybridized carbons (Fsp3) is 0.231. The first-order valence-electron chi connectivity index (χ1n) is 10.8. The number of carbonyl (C=O) groups excluding carboxylic acids is 1. The Hall–Kier alpha value is -3.44. The molecule has 5 rings (SSSR count). The van der Waals surface area contributed by atoms with Crippen molar-refractivity contribution in [2.75, 3.05) is 18.4 Å². The smallest absolute Gasteiger partial charge is 0.227 e. The van der Waals surface area contributed by atoms with Gasteiger partial charge >= 0.3 is 0 Å². The number of anilines is 1. The number of amides is 1. The number of aromatic nitrogens is 2. The van der Waals surface area contributed by atoms with Gasteiger partial charge in [-0.1, -0.05) is 36.4 Å². The summed E-state index contributed by atoms with van der Waals surface area (Å²) in [5.41, 5.74) is 5.39. The van der Waals surface area contributed by atoms with E-state index in [4.69, 9.17) is 0 Å². The second-order valence-electron chi connectivity index (χ2n) is 8.25. The van der Waals surface area contributed by atoms with Crippen molar-refractivity contribution >= 4 is 22.5 Å². The van der Waals surface area contributed by atoms with Crippen molar-refractivity contribution in [3.63, 3.8) is 0 Å². The van der Waals surface area contributed by atoms with Gasteiger partial charge in [-0.05, 0) is 67.4 Å². The summed E-state index contributed by atoms with van der Waals surface area (Å²) in [4.78, 5) is 22.8. The van der Waals surface area contributed by atoms with Gasteiger partial charge in [0, 0.05) is 47.1 Å². The summed E-state index contributed by atoms with van der Waals surface area (Å²) >= 11 is 0. The molecule has 0 spiro atoms. The van der Waals surface area contributed by atoms with Crippen molar-refractivity contribution in [1.82, 2.24) is 14.9 Å². The molecule has 0 aliphatic carbocycles. The molecule has 1 fully saturated rings. The average molecular weight is 411 g/mol. The van der Waals surface area contributed by atoms with Crippen LogP contribution in [0.1, 0.15) is 18.4 Å². The molecule has 1 aliphatic rings. The van der Waals surface area contributed by atoms with E-state index in [9.17, 15) is 4.79 Å². The Labute approximate surface area is 182 Å². The van der Waals surface area contributed by atoms with Crippen LogP contribution in [0, 0.1) is 5.92 Å². The van der Waals surface area contributed by atoms with Gasteiger partial charge in [0.1, 0.15) is 0 Å². The molecular formula is C26H26N4O. The van der Waals surface area contributed by atoms with Crippen LogP contribution in [0.4, 0.5) is 5.69 Å². The van der Waals surface area contributed by atoms with Crippen LogP contribution in [0.5, 0.6) is 0 Å². The third-order valence-electron chi connectivity index (χ3n) is 6.08. The minimum atomic E-state index is 0.0681. The number of rotatable bonds is 5. The highest BCUT2D eigenvalue weighted by Crippen LogP contribution is 2.26. The van der Waals surface area contributed by atoms with Gasteiger partial charge in [-0.3, -0.25) is 14.7 Å². The van der Waals surface area contributed by atoms with Crippen molar-refractivity contribution in [2.45, 2.75) is 19.4 Å². The van der Waals surface area contributed by atoms with Crippen LogP contribution in [0.15, 0.2) is 79.1 Å². The average Bonchev–Trinajstić information content (AvgIpc) is 3.25. The summed E-state index contributed by atoms with van der Waals surface area (Å²) in [7, 11) is 0. The van der Waals surface area contributed by atoms with Crippen LogP contribution in [0.3, 0.4) is 0 Å². The zero-order chi connectivity index (χ0) is 21.0. The van der Waals surface area contributed by atoms with Crippen molar-refractivity contribution in [3.05, 3.63) is 84.7 Å².